The van der Waals surface area contributed by atoms with E-state index in [1.807, 2.05) is 42.5 Å². The fourth-order valence-corrected chi connectivity index (χ4v) is 4.88. The highest BCUT2D eigenvalue weighted by atomic mass is 35.5. The van der Waals surface area contributed by atoms with Gasteiger partial charge in [-0.25, -0.2) is 0 Å². The molecule has 0 atom stereocenters. The van der Waals surface area contributed by atoms with Crippen LogP contribution in [0.4, 0.5) is 5.69 Å². The Kier molecular flexibility index (Phi) is 7.77. The zero-order valence-corrected chi connectivity index (χ0v) is 21.2. The number of nitriles is 1. The molecule has 0 saturated carbocycles. The summed E-state index contributed by atoms with van der Waals surface area (Å²) in [5.41, 5.74) is 0.728. The number of carbonyl (C=O) groups excluding carboxylic acids is 1. The van der Waals surface area contributed by atoms with E-state index in [-0.39, 0.29) is 33.6 Å². The lowest BCUT2D eigenvalue weighted by Gasteiger charge is -2.14. The third-order valence-electron chi connectivity index (χ3n) is 5.27. The summed E-state index contributed by atoms with van der Waals surface area (Å²) in [6, 6.07) is 25.4. The molecule has 0 saturated heterocycles. The van der Waals surface area contributed by atoms with Crippen molar-refractivity contribution in [1.82, 2.24) is 0 Å². The van der Waals surface area contributed by atoms with Crippen molar-refractivity contribution in [2.45, 2.75) is 11.8 Å². The highest BCUT2D eigenvalue weighted by molar-refractivity contribution is 7.87. The lowest BCUT2D eigenvalue weighted by atomic mass is 10.1. The largest absolute Gasteiger partial charge is 0.490 e. The quantitative estimate of drug-likeness (QED) is 0.164. The van der Waals surface area contributed by atoms with E-state index in [0.29, 0.717) is 11.3 Å². The molecule has 0 aromatic heterocycles. The number of ether oxygens (including phenoxy) is 1. The Hall–Kier alpha value is -4.32. The van der Waals surface area contributed by atoms with Crippen molar-refractivity contribution >= 4 is 50.2 Å². The maximum Gasteiger partial charge on any atom is 0.339 e. The SMILES string of the molecule is CCOc1cc(/C=C(\C#N)C(=O)Nc2cccc3ccccc23)cc(Cl)c1OS(=O)(=O)c1ccccc1. The number of hydrogen-bond donors (Lipinski definition) is 1. The predicted octanol–water partition coefficient (Wildman–Crippen LogP) is 6.21. The van der Waals surface area contributed by atoms with Crippen LogP contribution in [-0.4, -0.2) is 20.9 Å². The number of carbonyl (C=O) groups is 1. The van der Waals surface area contributed by atoms with E-state index in [2.05, 4.69) is 5.32 Å². The first-order valence-corrected chi connectivity index (χ1v) is 13.0. The number of benzene rings is 4. The van der Waals surface area contributed by atoms with Gasteiger partial charge in [0.05, 0.1) is 11.6 Å². The molecule has 4 aromatic carbocycles. The maximum atomic E-state index is 12.9. The molecule has 0 fully saturated rings. The van der Waals surface area contributed by atoms with Gasteiger partial charge in [0.2, 0.25) is 5.75 Å². The van der Waals surface area contributed by atoms with Gasteiger partial charge in [0.25, 0.3) is 5.91 Å². The van der Waals surface area contributed by atoms with Crippen LogP contribution in [0.15, 0.2) is 95.4 Å². The first-order chi connectivity index (χ1) is 17.8. The zero-order chi connectivity index (χ0) is 26.4. The molecular weight excluding hydrogens is 512 g/mol. The van der Waals surface area contributed by atoms with Gasteiger partial charge >= 0.3 is 10.1 Å². The highest BCUT2D eigenvalue weighted by Gasteiger charge is 2.22. The number of fused-ring (bicyclic) bond motifs is 1. The minimum atomic E-state index is -4.18. The summed E-state index contributed by atoms with van der Waals surface area (Å²) in [5, 5.41) is 14.2. The van der Waals surface area contributed by atoms with Crippen LogP contribution in [0.1, 0.15) is 12.5 Å². The van der Waals surface area contributed by atoms with E-state index < -0.39 is 16.0 Å². The number of nitrogens with one attached hydrogen (secondary N) is 1. The monoisotopic (exact) mass is 532 g/mol. The van der Waals surface area contributed by atoms with Gasteiger partial charge in [0.15, 0.2) is 5.75 Å². The van der Waals surface area contributed by atoms with E-state index in [0.717, 1.165) is 10.8 Å². The molecule has 0 aliphatic heterocycles. The molecule has 4 rings (SSSR count). The summed E-state index contributed by atoms with van der Waals surface area (Å²) in [6.07, 6.45) is 1.34. The van der Waals surface area contributed by atoms with Crippen LogP contribution in [-0.2, 0) is 14.9 Å². The smallest absolute Gasteiger partial charge is 0.339 e. The number of rotatable bonds is 8. The number of halogens is 1. The summed E-state index contributed by atoms with van der Waals surface area (Å²) in [4.78, 5) is 12.9. The average Bonchev–Trinajstić information content (AvgIpc) is 2.90. The molecule has 9 heteroatoms. The topological polar surface area (TPSA) is 105 Å². The van der Waals surface area contributed by atoms with Crippen molar-refractivity contribution in [3.05, 3.63) is 101 Å². The number of nitrogens with zero attached hydrogens (tertiary/aromatic N) is 1. The van der Waals surface area contributed by atoms with Gasteiger partial charge in [0, 0.05) is 11.1 Å². The van der Waals surface area contributed by atoms with Gasteiger partial charge in [-0.2, -0.15) is 13.7 Å². The molecule has 0 heterocycles. The van der Waals surface area contributed by atoms with Crippen LogP contribution in [0.25, 0.3) is 16.8 Å². The third kappa shape index (κ3) is 5.92. The van der Waals surface area contributed by atoms with Crippen molar-refractivity contribution in [3.63, 3.8) is 0 Å². The Bertz CT molecular complexity index is 1640. The molecule has 4 aromatic rings. The van der Waals surface area contributed by atoms with Gasteiger partial charge in [-0.05, 0) is 54.3 Å². The van der Waals surface area contributed by atoms with Crippen LogP contribution < -0.4 is 14.2 Å². The minimum absolute atomic E-state index is 0.0469. The summed E-state index contributed by atoms with van der Waals surface area (Å²) in [5.74, 6) is -0.754. The van der Waals surface area contributed by atoms with Crippen LogP contribution in [0.3, 0.4) is 0 Å². The van der Waals surface area contributed by atoms with Gasteiger partial charge in [0.1, 0.15) is 16.5 Å². The van der Waals surface area contributed by atoms with Crippen molar-refractivity contribution in [3.8, 4) is 17.6 Å². The van der Waals surface area contributed by atoms with E-state index in [1.165, 1.54) is 30.3 Å². The summed E-state index contributed by atoms with van der Waals surface area (Å²) in [7, 11) is -4.18. The summed E-state index contributed by atoms with van der Waals surface area (Å²) >= 11 is 6.38. The average molecular weight is 533 g/mol. The molecule has 0 bridgehead atoms. The van der Waals surface area contributed by atoms with E-state index in [9.17, 15) is 18.5 Å². The minimum Gasteiger partial charge on any atom is -0.490 e. The summed E-state index contributed by atoms with van der Waals surface area (Å²) < 4.78 is 36.3. The van der Waals surface area contributed by atoms with Crippen LogP contribution in [0.2, 0.25) is 5.02 Å². The van der Waals surface area contributed by atoms with Crippen molar-refractivity contribution in [1.29, 1.82) is 5.26 Å². The van der Waals surface area contributed by atoms with Crippen LogP contribution in [0, 0.1) is 11.3 Å². The molecule has 0 aliphatic carbocycles. The van der Waals surface area contributed by atoms with Crippen molar-refractivity contribution < 1.29 is 22.1 Å². The normalized spacial score (nSPS) is 11.5. The van der Waals surface area contributed by atoms with Crippen molar-refractivity contribution in [2.75, 3.05) is 11.9 Å². The highest BCUT2D eigenvalue weighted by Crippen LogP contribution is 2.39. The number of amides is 1. The molecule has 7 nitrogen and oxygen atoms in total. The molecule has 1 amide bonds. The zero-order valence-electron chi connectivity index (χ0n) is 19.6. The molecule has 0 aliphatic rings. The Labute approximate surface area is 219 Å². The van der Waals surface area contributed by atoms with E-state index in [4.69, 9.17) is 20.5 Å². The molecule has 0 spiro atoms. The standard InChI is InChI=1S/C28H21ClN2O5S/c1-2-35-26-17-19(16-24(29)27(26)36-37(33,34)22-11-4-3-5-12-22)15-21(18-30)28(32)31-25-14-8-10-20-9-6-7-13-23(20)25/h3-17H,2H2,1H3,(H,31,32)/b21-15+. The lowest BCUT2D eigenvalue weighted by molar-refractivity contribution is -0.112. The second-order valence-electron chi connectivity index (χ2n) is 7.76. The van der Waals surface area contributed by atoms with Gasteiger partial charge in [-0.3, -0.25) is 4.79 Å². The van der Waals surface area contributed by atoms with Gasteiger partial charge < -0.3 is 14.2 Å². The molecule has 1 N–H and O–H groups in total. The molecule has 0 radical (unpaired) electrons. The number of anilines is 1. The number of hydrogen-bond acceptors (Lipinski definition) is 6. The fraction of sp³-hybridized carbons (Fsp3) is 0.0714. The Morgan fingerprint density at radius 1 is 1.03 bits per heavy atom. The molecule has 0 unspecified atom stereocenters. The van der Waals surface area contributed by atoms with Crippen LogP contribution in [0.5, 0.6) is 11.5 Å². The van der Waals surface area contributed by atoms with Crippen LogP contribution >= 0.6 is 11.6 Å². The van der Waals surface area contributed by atoms with E-state index >= 15 is 0 Å². The molecule has 37 heavy (non-hydrogen) atoms. The Morgan fingerprint density at radius 3 is 2.46 bits per heavy atom. The third-order valence-corrected chi connectivity index (χ3v) is 6.79. The Morgan fingerprint density at radius 2 is 1.73 bits per heavy atom. The second kappa shape index (κ2) is 11.2. The molecular formula is C28H21ClN2O5S. The predicted molar refractivity (Wildman–Crippen MR) is 143 cm³/mol. The molecule has 186 valence electrons. The fourth-order valence-electron chi connectivity index (χ4n) is 3.60. The van der Waals surface area contributed by atoms with Gasteiger partial charge in [-0.1, -0.05) is 66.2 Å². The second-order valence-corrected chi connectivity index (χ2v) is 9.72. The Balaban J connectivity index is 1.66. The van der Waals surface area contributed by atoms with Gasteiger partial charge in [-0.15, -0.1) is 0 Å². The first-order valence-electron chi connectivity index (χ1n) is 11.2. The summed E-state index contributed by atoms with van der Waals surface area (Å²) in [6.45, 7) is 1.90. The van der Waals surface area contributed by atoms with Crippen molar-refractivity contribution in [2.24, 2.45) is 0 Å². The maximum absolute atomic E-state index is 12.9. The van der Waals surface area contributed by atoms with E-state index in [1.54, 1.807) is 31.2 Å². The first kappa shape index (κ1) is 25.8. The lowest BCUT2D eigenvalue weighted by Crippen LogP contribution is -2.13.